The standard InChI is InChI=1S/C13H25NO3S2/c1-14(12(19-2)3-6-16-7-4-12)10-11-9-13(15,18)5-8-17-11/h11,15,18H,3-10H2,1-2H3. The maximum Gasteiger partial charge on any atom is 0.112 e. The maximum atomic E-state index is 10.0. The molecule has 6 heteroatoms. The number of rotatable bonds is 4. The highest BCUT2D eigenvalue weighted by atomic mass is 32.2. The number of aliphatic hydroxyl groups is 1. The fourth-order valence-electron chi connectivity index (χ4n) is 2.94. The van der Waals surface area contributed by atoms with Gasteiger partial charge in [-0.1, -0.05) is 0 Å². The molecule has 4 nitrogen and oxygen atoms in total. The Labute approximate surface area is 125 Å². The topological polar surface area (TPSA) is 41.9 Å². The van der Waals surface area contributed by atoms with Crippen LogP contribution in [0, 0.1) is 0 Å². The second-order valence-corrected chi connectivity index (χ2v) is 7.57. The van der Waals surface area contributed by atoms with Crippen LogP contribution in [0.5, 0.6) is 0 Å². The van der Waals surface area contributed by atoms with Crippen LogP contribution in [-0.2, 0) is 9.47 Å². The van der Waals surface area contributed by atoms with E-state index < -0.39 is 4.93 Å². The Kier molecular flexibility index (Phi) is 5.48. The van der Waals surface area contributed by atoms with Crippen molar-refractivity contribution < 1.29 is 14.6 Å². The molecule has 2 aliphatic heterocycles. The average Bonchev–Trinajstić information content (AvgIpc) is 2.38. The normalized spacial score (nSPS) is 35.5. The summed E-state index contributed by atoms with van der Waals surface area (Å²) >= 11 is 6.20. The quantitative estimate of drug-likeness (QED) is 0.610. The Morgan fingerprint density at radius 1 is 1.32 bits per heavy atom. The molecule has 112 valence electrons. The van der Waals surface area contributed by atoms with Crippen LogP contribution in [-0.4, -0.2) is 65.6 Å². The molecule has 0 spiro atoms. The monoisotopic (exact) mass is 307 g/mol. The van der Waals surface area contributed by atoms with Gasteiger partial charge in [0.05, 0.1) is 17.6 Å². The molecule has 2 atom stereocenters. The van der Waals surface area contributed by atoms with E-state index in [4.69, 9.17) is 9.47 Å². The number of nitrogens with zero attached hydrogens (tertiary/aromatic N) is 1. The van der Waals surface area contributed by atoms with Gasteiger partial charge in [0.2, 0.25) is 0 Å². The second-order valence-electron chi connectivity index (χ2n) is 5.57. The molecule has 2 saturated heterocycles. The number of thioether (sulfide) groups is 1. The minimum Gasteiger partial charge on any atom is -0.381 e. The summed E-state index contributed by atoms with van der Waals surface area (Å²) in [6.07, 6.45) is 5.52. The third kappa shape index (κ3) is 4.02. The van der Waals surface area contributed by atoms with E-state index in [9.17, 15) is 5.11 Å². The molecule has 0 aromatic carbocycles. The molecule has 1 N–H and O–H groups in total. The Hall–Kier alpha value is 0.540. The maximum absolute atomic E-state index is 10.0. The molecule has 19 heavy (non-hydrogen) atoms. The van der Waals surface area contributed by atoms with E-state index in [1.807, 2.05) is 11.8 Å². The Morgan fingerprint density at radius 2 is 2.00 bits per heavy atom. The molecule has 0 saturated carbocycles. The van der Waals surface area contributed by atoms with E-state index in [1.54, 1.807) is 0 Å². The number of likely N-dealkylation sites (N-methyl/N-ethyl adjacent to an activating group) is 1. The molecule has 2 aliphatic rings. The SMILES string of the molecule is CSC1(N(C)CC2CC(O)(S)CCO2)CCOCC1. The molecule has 0 aromatic rings. The van der Waals surface area contributed by atoms with Crippen molar-refractivity contribution in [1.29, 1.82) is 0 Å². The van der Waals surface area contributed by atoms with Crippen molar-refractivity contribution in [3.63, 3.8) is 0 Å². The smallest absolute Gasteiger partial charge is 0.112 e. The van der Waals surface area contributed by atoms with Crippen molar-refractivity contribution in [3.8, 4) is 0 Å². The zero-order valence-corrected chi connectivity index (χ0v) is 13.5. The van der Waals surface area contributed by atoms with E-state index in [0.29, 0.717) is 19.4 Å². The van der Waals surface area contributed by atoms with Crippen LogP contribution in [0.2, 0.25) is 0 Å². The van der Waals surface area contributed by atoms with Gasteiger partial charge in [-0.15, -0.1) is 24.4 Å². The van der Waals surface area contributed by atoms with Crippen LogP contribution >= 0.6 is 24.4 Å². The average molecular weight is 307 g/mol. The van der Waals surface area contributed by atoms with Crippen molar-refractivity contribution in [2.24, 2.45) is 0 Å². The highest BCUT2D eigenvalue weighted by Gasteiger charge is 2.39. The summed E-state index contributed by atoms with van der Waals surface area (Å²) in [5.74, 6) is 0. The first-order valence-electron chi connectivity index (χ1n) is 6.88. The number of hydrogen-bond acceptors (Lipinski definition) is 6. The molecular formula is C13H25NO3S2. The molecule has 0 bridgehead atoms. The first-order valence-corrected chi connectivity index (χ1v) is 8.55. The number of thiol groups is 1. The summed E-state index contributed by atoms with van der Waals surface area (Å²) in [4.78, 5) is 1.65. The van der Waals surface area contributed by atoms with Gasteiger partial charge in [0.1, 0.15) is 4.93 Å². The van der Waals surface area contributed by atoms with Gasteiger partial charge in [0.15, 0.2) is 0 Å². The molecular weight excluding hydrogens is 282 g/mol. The fraction of sp³-hybridized carbons (Fsp3) is 1.00. The van der Waals surface area contributed by atoms with Gasteiger partial charge in [-0.3, -0.25) is 4.90 Å². The van der Waals surface area contributed by atoms with Gasteiger partial charge in [-0.25, -0.2) is 0 Å². The van der Waals surface area contributed by atoms with E-state index in [0.717, 1.165) is 32.6 Å². The first-order chi connectivity index (χ1) is 8.97. The predicted molar refractivity (Wildman–Crippen MR) is 81.8 cm³/mol. The highest BCUT2D eigenvalue weighted by Crippen LogP contribution is 2.37. The highest BCUT2D eigenvalue weighted by molar-refractivity contribution is 7.99. The molecule has 0 radical (unpaired) electrons. The molecule has 2 unspecified atom stereocenters. The Bertz CT molecular complexity index is 296. The van der Waals surface area contributed by atoms with Crippen LogP contribution in [0.3, 0.4) is 0 Å². The van der Waals surface area contributed by atoms with Crippen LogP contribution in [0.25, 0.3) is 0 Å². The second kappa shape index (κ2) is 6.54. The summed E-state index contributed by atoms with van der Waals surface area (Å²) in [5.41, 5.74) is 0. The summed E-state index contributed by atoms with van der Waals surface area (Å²) in [6.45, 7) is 3.08. The van der Waals surface area contributed by atoms with Gasteiger partial charge >= 0.3 is 0 Å². The lowest BCUT2D eigenvalue weighted by Gasteiger charge is -2.45. The van der Waals surface area contributed by atoms with E-state index in [2.05, 4.69) is 30.8 Å². The lowest BCUT2D eigenvalue weighted by atomic mass is 10.0. The van der Waals surface area contributed by atoms with Crippen molar-refractivity contribution >= 4 is 24.4 Å². The Morgan fingerprint density at radius 3 is 2.58 bits per heavy atom. The first kappa shape index (κ1) is 15.9. The van der Waals surface area contributed by atoms with Crippen molar-refractivity contribution in [3.05, 3.63) is 0 Å². The minimum atomic E-state index is -0.869. The summed E-state index contributed by atoms with van der Waals surface area (Å²) in [7, 11) is 2.15. The fourth-order valence-corrected chi connectivity index (χ4v) is 4.19. The zero-order chi connectivity index (χ0) is 13.9. The van der Waals surface area contributed by atoms with Gasteiger partial charge in [-0.05, 0) is 26.1 Å². The van der Waals surface area contributed by atoms with Crippen LogP contribution in [0.15, 0.2) is 0 Å². The largest absolute Gasteiger partial charge is 0.381 e. The summed E-state index contributed by atoms with van der Waals surface area (Å²) < 4.78 is 11.2. The number of ether oxygens (including phenoxy) is 2. The predicted octanol–water partition coefficient (Wildman–Crippen LogP) is 1.59. The molecule has 2 heterocycles. The zero-order valence-electron chi connectivity index (χ0n) is 11.8. The van der Waals surface area contributed by atoms with Crippen LogP contribution < -0.4 is 0 Å². The number of hydrogen-bond donors (Lipinski definition) is 2. The van der Waals surface area contributed by atoms with Crippen molar-refractivity contribution in [2.75, 3.05) is 39.7 Å². The molecule has 2 rings (SSSR count). The lowest BCUT2D eigenvalue weighted by Crippen LogP contribution is -2.52. The van der Waals surface area contributed by atoms with Crippen LogP contribution in [0.1, 0.15) is 25.7 Å². The molecule has 0 amide bonds. The van der Waals surface area contributed by atoms with Crippen molar-refractivity contribution in [2.45, 2.75) is 41.6 Å². The molecule has 2 fully saturated rings. The third-order valence-corrected chi connectivity index (χ3v) is 6.12. The summed E-state index contributed by atoms with van der Waals surface area (Å²) in [6, 6.07) is 0. The Balaban J connectivity index is 1.93. The van der Waals surface area contributed by atoms with Gasteiger partial charge in [0, 0.05) is 32.6 Å². The van der Waals surface area contributed by atoms with Gasteiger partial charge < -0.3 is 14.6 Å². The third-order valence-electron chi connectivity index (χ3n) is 4.24. The minimum absolute atomic E-state index is 0.0631. The molecule has 0 aromatic heterocycles. The van der Waals surface area contributed by atoms with Crippen LogP contribution in [0.4, 0.5) is 0 Å². The van der Waals surface area contributed by atoms with E-state index in [-0.39, 0.29) is 11.0 Å². The van der Waals surface area contributed by atoms with E-state index >= 15 is 0 Å². The molecule has 0 aliphatic carbocycles. The lowest BCUT2D eigenvalue weighted by molar-refractivity contribution is -0.0769. The summed E-state index contributed by atoms with van der Waals surface area (Å²) in [5, 5.41) is 10.0. The van der Waals surface area contributed by atoms with E-state index in [1.165, 1.54) is 0 Å². The van der Waals surface area contributed by atoms with Gasteiger partial charge in [-0.2, -0.15) is 0 Å². The van der Waals surface area contributed by atoms with Crippen molar-refractivity contribution in [1.82, 2.24) is 4.90 Å². The van der Waals surface area contributed by atoms with Gasteiger partial charge in [0.25, 0.3) is 0 Å².